The molecule has 0 amide bonds. The van der Waals surface area contributed by atoms with Crippen LogP contribution in [0.1, 0.15) is 11.1 Å². The number of hydrogen-bond acceptors (Lipinski definition) is 7. The zero-order valence-corrected chi connectivity index (χ0v) is 13.8. The summed E-state index contributed by atoms with van der Waals surface area (Å²) in [5, 5.41) is 22.2. The molecule has 0 spiro atoms. The van der Waals surface area contributed by atoms with Gasteiger partial charge >= 0.3 is 5.69 Å². The molecule has 0 aliphatic rings. The van der Waals surface area contributed by atoms with Crippen molar-refractivity contribution in [2.45, 2.75) is 13.8 Å². The van der Waals surface area contributed by atoms with E-state index in [-0.39, 0.29) is 11.2 Å². The lowest BCUT2D eigenvalue weighted by Crippen LogP contribution is -2.10. The maximum absolute atomic E-state index is 11.6. The van der Waals surface area contributed by atoms with Crippen LogP contribution in [0, 0.1) is 24.0 Å². The van der Waals surface area contributed by atoms with Gasteiger partial charge in [0.1, 0.15) is 5.69 Å². The van der Waals surface area contributed by atoms with Crippen molar-refractivity contribution in [3.63, 3.8) is 0 Å². The van der Waals surface area contributed by atoms with Crippen LogP contribution in [0.4, 0.5) is 22.7 Å². The quantitative estimate of drug-likeness (QED) is 0.578. The van der Waals surface area contributed by atoms with Gasteiger partial charge in [0.25, 0.3) is 0 Å². The summed E-state index contributed by atoms with van der Waals surface area (Å²) in [5.41, 5.74) is 4.37. The number of benzene rings is 2. The zero-order chi connectivity index (χ0) is 17.4. The maximum Gasteiger partial charge on any atom is 0.324 e. The van der Waals surface area contributed by atoms with Gasteiger partial charge in [-0.2, -0.15) is 0 Å². The lowest BCUT2D eigenvalue weighted by atomic mass is 10.1. The number of aryl methyl sites for hydroxylation is 2. The fourth-order valence-electron chi connectivity index (χ4n) is 2.51. The fourth-order valence-corrected chi connectivity index (χ4v) is 2.51. The Bertz CT molecular complexity index is 933. The van der Waals surface area contributed by atoms with Crippen molar-refractivity contribution in [3.8, 4) is 0 Å². The number of nitro groups is 1. The van der Waals surface area contributed by atoms with Crippen LogP contribution in [-0.2, 0) is 0 Å². The van der Waals surface area contributed by atoms with Gasteiger partial charge in [-0.05, 0) is 53.5 Å². The number of anilines is 3. The number of nitrogens with one attached hydrogen (secondary N) is 1. The van der Waals surface area contributed by atoms with Crippen molar-refractivity contribution in [1.29, 1.82) is 0 Å². The van der Waals surface area contributed by atoms with E-state index in [9.17, 15) is 10.1 Å². The average Bonchev–Trinajstić information content (AvgIpc) is 2.98. The number of rotatable bonds is 4. The highest BCUT2D eigenvalue weighted by Gasteiger charge is 2.26. The van der Waals surface area contributed by atoms with E-state index in [2.05, 4.69) is 15.6 Å². The molecule has 1 aromatic heterocycles. The second-order valence-corrected chi connectivity index (χ2v) is 5.83. The van der Waals surface area contributed by atoms with E-state index < -0.39 is 4.92 Å². The molecule has 3 rings (SSSR count). The zero-order valence-electron chi connectivity index (χ0n) is 13.8. The average molecular weight is 327 g/mol. The molecule has 0 unspecified atom stereocenters. The van der Waals surface area contributed by atoms with Gasteiger partial charge in [-0.25, -0.2) is 4.63 Å². The minimum absolute atomic E-state index is 0.123. The highest BCUT2D eigenvalue weighted by Crippen LogP contribution is 2.39. The molecule has 1 N–H and O–H groups in total. The number of nitrogens with zero attached hydrogens (tertiary/aromatic N) is 4. The third-order valence-electron chi connectivity index (χ3n) is 3.94. The van der Waals surface area contributed by atoms with Crippen LogP contribution in [-0.4, -0.2) is 29.3 Å². The Labute approximate surface area is 138 Å². The van der Waals surface area contributed by atoms with Crippen molar-refractivity contribution in [3.05, 3.63) is 45.5 Å². The highest BCUT2D eigenvalue weighted by atomic mass is 16.6. The summed E-state index contributed by atoms with van der Waals surface area (Å²) < 4.78 is 4.73. The van der Waals surface area contributed by atoms with Gasteiger partial charge < -0.3 is 10.2 Å². The molecule has 0 saturated carbocycles. The molecule has 124 valence electrons. The Morgan fingerprint density at radius 2 is 1.83 bits per heavy atom. The topological polar surface area (TPSA) is 97.3 Å². The molecule has 0 radical (unpaired) electrons. The first kappa shape index (κ1) is 15.7. The van der Waals surface area contributed by atoms with E-state index >= 15 is 0 Å². The Hall–Kier alpha value is -3.16. The number of hydrogen-bond donors (Lipinski definition) is 1. The third-order valence-corrected chi connectivity index (χ3v) is 3.94. The van der Waals surface area contributed by atoms with E-state index in [1.165, 1.54) is 0 Å². The Balaban J connectivity index is 2.19. The SMILES string of the molecule is Cc1ccc(Nc2cc(N(C)C)c3nonc3c2[N+](=O)[O-])cc1C. The first-order chi connectivity index (χ1) is 11.4. The molecule has 0 atom stereocenters. The second-order valence-electron chi connectivity index (χ2n) is 5.83. The predicted molar refractivity (Wildman–Crippen MR) is 92.0 cm³/mol. The minimum Gasteiger partial charge on any atom is -0.376 e. The molecule has 2 aromatic carbocycles. The summed E-state index contributed by atoms with van der Waals surface area (Å²) in [7, 11) is 3.66. The molecule has 8 nitrogen and oxygen atoms in total. The van der Waals surface area contributed by atoms with Crippen LogP contribution in [0.5, 0.6) is 0 Å². The maximum atomic E-state index is 11.6. The van der Waals surface area contributed by atoms with Crippen LogP contribution >= 0.6 is 0 Å². The Kier molecular flexibility index (Phi) is 3.80. The highest BCUT2D eigenvalue weighted by molar-refractivity contribution is 6.00. The standard InChI is InChI=1S/C16H17N5O3/c1-9-5-6-11(7-10(9)2)17-12-8-13(20(3)4)14-15(19-24-18-14)16(12)21(22)23/h5-8,17H,1-4H3. The van der Waals surface area contributed by atoms with Crippen LogP contribution in [0.15, 0.2) is 28.9 Å². The largest absolute Gasteiger partial charge is 0.376 e. The summed E-state index contributed by atoms with van der Waals surface area (Å²) in [5.74, 6) is 0. The molecular weight excluding hydrogens is 310 g/mol. The van der Waals surface area contributed by atoms with Crippen LogP contribution in [0.25, 0.3) is 11.0 Å². The second kappa shape index (κ2) is 5.80. The van der Waals surface area contributed by atoms with Crippen LogP contribution < -0.4 is 10.2 Å². The van der Waals surface area contributed by atoms with Gasteiger partial charge in [0, 0.05) is 19.8 Å². The van der Waals surface area contributed by atoms with Gasteiger partial charge in [0.15, 0.2) is 5.52 Å². The molecular formula is C16H17N5O3. The number of nitro benzene ring substituents is 1. The molecule has 24 heavy (non-hydrogen) atoms. The van der Waals surface area contributed by atoms with Gasteiger partial charge in [0.2, 0.25) is 5.52 Å². The van der Waals surface area contributed by atoms with E-state index in [0.717, 1.165) is 16.8 Å². The lowest BCUT2D eigenvalue weighted by Gasteiger charge is -2.15. The number of aromatic nitrogens is 2. The Morgan fingerprint density at radius 3 is 2.46 bits per heavy atom. The van der Waals surface area contributed by atoms with Gasteiger partial charge in [-0.3, -0.25) is 10.1 Å². The van der Waals surface area contributed by atoms with E-state index in [0.29, 0.717) is 16.9 Å². The third kappa shape index (κ3) is 2.62. The molecule has 1 heterocycles. The van der Waals surface area contributed by atoms with Crippen LogP contribution in [0.3, 0.4) is 0 Å². The van der Waals surface area contributed by atoms with Gasteiger partial charge in [-0.15, -0.1) is 0 Å². The first-order valence-corrected chi connectivity index (χ1v) is 7.33. The molecule has 0 aliphatic carbocycles. The summed E-state index contributed by atoms with van der Waals surface area (Å²) in [4.78, 5) is 12.9. The minimum atomic E-state index is -0.477. The molecule has 8 heteroatoms. The molecule has 0 aliphatic heterocycles. The molecule has 0 saturated heterocycles. The summed E-state index contributed by atoms with van der Waals surface area (Å²) in [6.45, 7) is 4.00. The van der Waals surface area contributed by atoms with Crippen molar-refractivity contribution in [2.24, 2.45) is 0 Å². The fraction of sp³-hybridized carbons (Fsp3) is 0.250. The summed E-state index contributed by atoms with van der Waals surface area (Å²) in [6, 6.07) is 7.47. The lowest BCUT2D eigenvalue weighted by molar-refractivity contribution is -0.382. The smallest absolute Gasteiger partial charge is 0.324 e. The van der Waals surface area contributed by atoms with Crippen molar-refractivity contribution in [1.82, 2.24) is 10.3 Å². The monoisotopic (exact) mass is 327 g/mol. The summed E-state index contributed by atoms with van der Waals surface area (Å²) in [6.07, 6.45) is 0. The van der Waals surface area contributed by atoms with Crippen molar-refractivity contribution in [2.75, 3.05) is 24.3 Å². The predicted octanol–water partition coefficient (Wildman–Crippen LogP) is 3.56. The first-order valence-electron chi connectivity index (χ1n) is 7.33. The van der Waals surface area contributed by atoms with Crippen LogP contribution in [0.2, 0.25) is 0 Å². The van der Waals surface area contributed by atoms with Gasteiger partial charge in [-0.1, -0.05) is 6.07 Å². The number of fused-ring (bicyclic) bond motifs is 1. The van der Waals surface area contributed by atoms with Gasteiger partial charge in [0.05, 0.1) is 10.6 Å². The van der Waals surface area contributed by atoms with Crippen molar-refractivity contribution >= 4 is 33.8 Å². The normalized spacial score (nSPS) is 10.8. The van der Waals surface area contributed by atoms with Crippen molar-refractivity contribution < 1.29 is 9.55 Å². The van der Waals surface area contributed by atoms with E-state index in [4.69, 9.17) is 4.63 Å². The van der Waals surface area contributed by atoms with E-state index in [1.54, 1.807) is 6.07 Å². The summed E-state index contributed by atoms with van der Waals surface area (Å²) >= 11 is 0. The molecule has 0 bridgehead atoms. The van der Waals surface area contributed by atoms with E-state index in [1.807, 2.05) is 51.0 Å². The molecule has 3 aromatic rings. The molecule has 0 fully saturated rings. The Morgan fingerprint density at radius 1 is 1.12 bits per heavy atom.